The van der Waals surface area contributed by atoms with Crippen LogP contribution in [0.15, 0.2) is 30.3 Å². The highest BCUT2D eigenvalue weighted by atomic mass is 32.1. The number of tetrazole rings is 1. The van der Waals surface area contributed by atoms with Gasteiger partial charge in [0.2, 0.25) is 5.91 Å². The number of anilines is 1. The molecule has 1 N–H and O–H groups in total. The van der Waals surface area contributed by atoms with Gasteiger partial charge in [0.25, 0.3) is 0 Å². The third-order valence-corrected chi connectivity index (χ3v) is 5.49. The first-order valence-corrected chi connectivity index (χ1v) is 10.2. The Morgan fingerprint density at radius 3 is 2.52 bits per heavy atom. The lowest BCUT2D eigenvalue weighted by molar-refractivity contribution is -0.115. The van der Waals surface area contributed by atoms with Gasteiger partial charge in [-0.25, -0.2) is 14.3 Å². The van der Waals surface area contributed by atoms with Crippen LogP contribution in [-0.4, -0.2) is 44.7 Å². The SMILES string of the molecule is CCOC(=O)c1c(NC(=O)Cc2nnnn2C)sc(C(=O)OCc2ccccc2)c1C. The molecule has 0 fully saturated rings. The number of benzene rings is 1. The smallest absolute Gasteiger partial charge is 0.349 e. The van der Waals surface area contributed by atoms with Gasteiger partial charge >= 0.3 is 11.9 Å². The summed E-state index contributed by atoms with van der Waals surface area (Å²) in [7, 11) is 1.61. The van der Waals surface area contributed by atoms with Gasteiger partial charge in [-0.2, -0.15) is 0 Å². The van der Waals surface area contributed by atoms with E-state index in [4.69, 9.17) is 9.47 Å². The van der Waals surface area contributed by atoms with Crippen molar-refractivity contribution in [1.82, 2.24) is 20.2 Å². The first-order valence-electron chi connectivity index (χ1n) is 9.43. The summed E-state index contributed by atoms with van der Waals surface area (Å²) >= 11 is 0.963. The zero-order valence-electron chi connectivity index (χ0n) is 17.2. The second-order valence-electron chi connectivity index (χ2n) is 6.49. The molecule has 162 valence electrons. The molecule has 0 radical (unpaired) electrons. The minimum Gasteiger partial charge on any atom is -0.462 e. The molecular weight excluding hydrogens is 422 g/mol. The van der Waals surface area contributed by atoms with Crippen molar-refractivity contribution < 1.29 is 23.9 Å². The van der Waals surface area contributed by atoms with Crippen molar-refractivity contribution in [2.24, 2.45) is 7.05 Å². The maximum absolute atomic E-state index is 12.7. The molecule has 3 aromatic rings. The molecule has 0 aliphatic carbocycles. The third-order valence-electron chi connectivity index (χ3n) is 4.30. The highest BCUT2D eigenvalue weighted by molar-refractivity contribution is 7.18. The summed E-state index contributed by atoms with van der Waals surface area (Å²) in [5.74, 6) is -1.30. The van der Waals surface area contributed by atoms with Crippen LogP contribution in [0, 0.1) is 6.92 Å². The number of aromatic nitrogens is 4. The molecule has 1 amide bonds. The molecule has 2 heterocycles. The molecule has 2 aromatic heterocycles. The zero-order valence-corrected chi connectivity index (χ0v) is 18.1. The number of hydrogen-bond donors (Lipinski definition) is 1. The molecule has 31 heavy (non-hydrogen) atoms. The summed E-state index contributed by atoms with van der Waals surface area (Å²) in [5.41, 5.74) is 1.35. The van der Waals surface area contributed by atoms with Gasteiger partial charge in [-0.1, -0.05) is 30.3 Å². The van der Waals surface area contributed by atoms with Crippen molar-refractivity contribution >= 4 is 34.2 Å². The van der Waals surface area contributed by atoms with Gasteiger partial charge in [-0.3, -0.25) is 4.79 Å². The Morgan fingerprint density at radius 1 is 1.13 bits per heavy atom. The van der Waals surface area contributed by atoms with E-state index in [0.29, 0.717) is 11.4 Å². The van der Waals surface area contributed by atoms with Crippen LogP contribution >= 0.6 is 11.3 Å². The van der Waals surface area contributed by atoms with Crippen LogP contribution in [0.5, 0.6) is 0 Å². The van der Waals surface area contributed by atoms with Crippen molar-refractivity contribution in [2.45, 2.75) is 26.9 Å². The summed E-state index contributed by atoms with van der Waals surface area (Å²) in [4.78, 5) is 37.9. The van der Waals surface area contributed by atoms with Crippen LogP contribution in [-0.2, 0) is 34.3 Å². The second-order valence-corrected chi connectivity index (χ2v) is 7.51. The molecule has 0 aliphatic heterocycles. The van der Waals surface area contributed by atoms with E-state index in [-0.39, 0.29) is 35.1 Å². The molecular formula is C20H21N5O5S. The lowest BCUT2D eigenvalue weighted by Gasteiger charge is -2.06. The Balaban J connectivity index is 1.81. The number of amides is 1. The van der Waals surface area contributed by atoms with E-state index in [1.807, 2.05) is 30.3 Å². The van der Waals surface area contributed by atoms with Crippen LogP contribution in [0.1, 0.15) is 43.9 Å². The number of hydrogen-bond acceptors (Lipinski definition) is 9. The minimum absolute atomic E-state index is 0.0899. The van der Waals surface area contributed by atoms with Gasteiger partial charge < -0.3 is 14.8 Å². The number of thiophene rings is 1. The van der Waals surface area contributed by atoms with Gasteiger partial charge in [0.15, 0.2) is 5.82 Å². The van der Waals surface area contributed by atoms with Crippen molar-refractivity contribution in [3.63, 3.8) is 0 Å². The predicted octanol–water partition coefficient (Wildman–Crippen LogP) is 2.29. The maximum atomic E-state index is 12.7. The van der Waals surface area contributed by atoms with Gasteiger partial charge in [-0.05, 0) is 35.4 Å². The molecule has 11 heteroatoms. The van der Waals surface area contributed by atoms with Crippen molar-refractivity contribution in [3.8, 4) is 0 Å². The molecule has 0 saturated carbocycles. The molecule has 1 aromatic carbocycles. The van der Waals surface area contributed by atoms with Gasteiger partial charge in [0.1, 0.15) is 16.5 Å². The number of carbonyl (C=O) groups is 3. The number of nitrogens with one attached hydrogen (secondary N) is 1. The van der Waals surface area contributed by atoms with Gasteiger partial charge in [0.05, 0.1) is 18.6 Å². The third kappa shape index (κ3) is 5.31. The maximum Gasteiger partial charge on any atom is 0.349 e. The average molecular weight is 443 g/mol. The molecule has 0 unspecified atom stereocenters. The Bertz CT molecular complexity index is 1090. The fourth-order valence-electron chi connectivity index (χ4n) is 2.75. The van der Waals surface area contributed by atoms with Gasteiger partial charge in [-0.15, -0.1) is 16.4 Å². The largest absolute Gasteiger partial charge is 0.462 e. The molecule has 0 atom stereocenters. The van der Waals surface area contributed by atoms with E-state index >= 15 is 0 Å². The second kappa shape index (κ2) is 9.94. The fraction of sp³-hybridized carbons (Fsp3) is 0.300. The zero-order chi connectivity index (χ0) is 22.4. The summed E-state index contributed by atoms with van der Waals surface area (Å²) in [6.45, 7) is 3.53. The van der Waals surface area contributed by atoms with E-state index in [2.05, 4.69) is 20.8 Å². The van der Waals surface area contributed by atoms with E-state index in [9.17, 15) is 14.4 Å². The first kappa shape index (κ1) is 22.1. The molecule has 3 rings (SSSR count). The van der Waals surface area contributed by atoms with E-state index < -0.39 is 17.8 Å². The highest BCUT2D eigenvalue weighted by Crippen LogP contribution is 2.34. The van der Waals surface area contributed by atoms with Crippen LogP contribution < -0.4 is 5.32 Å². The normalized spacial score (nSPS) is 10.5. The number of nitrogens with zero attached hydrogens (tertiary/aromatic N) is 4. The van der Waals surface area contributed by atoms with Crippen molar-refractivity contribution in [2.75, 3.05) is 11.9 Å². The lowest BCUT2D eigenvalue weighted by atomic mass is 10.1. The number of rotatable bonds is 8. The number of ether oxygens (including phenoxy) is 2. The minimum atomic E-state index is -0.631. The number of esters is 2. The molecule has 0 aliphatic rings. The molecule has 10 nitrogen and oxygen atoms in total. The summed E-state index contributed by atoms with van der Waals surface area (Å²) in [5, 5.41) is 13.8. The summed E-state index contributed by atoms with van der Waals surface area (Å²) in [6, 6.07) is 9.24. The van der Waals surface area contributed by atoms with Gasteiger partial charge in [0, 0.05) is 7.05 Å². The Morgan fingerprint density at radius 2 is 1.87 bits per heavy atom. The Labute approximate surface area is 182 Å². The van der Waals surface area contributed by atoms with Crippen molar-refractivity contribution in [3.05, 3.63) is 57.7 Å². The summed E-state index contributed by atoms with van der Waals surface area (Å²) in [6.07, 6.45) is -0.101. The molecule has 0 bridgehead atoms. The van der Waals surface area contributed by atoms with E-state index in [1.165, 1.54) is 4.68 Å². The lowest BCUT2D eigenvalue weighted by Crippen LogP contribution is -2.18. The van der Waals surface area contributed by atoms with Crippen LogP contribution in [0.2, 0.25) is 0 Å². The molecule has 0 saturated heterocycles. The van der Waals surface area contributed by atoms with Crippen LogP contribution in [0.3, 0.4) is 0 Å². The summed E-state index contributed by atoms with van der Waals surface area (Å²) < 4.78 is 11.9. The topological polar surface area (TPSA) is 125 Å². The van der Waals surface area contributed by atoms with E-state index in [0.717, 1.165) is 16.9 Å². The predicted molar refractivity (Wildman–Crippen MR) is 112 cm³/mol. The van der Waals surface area contributed by atoms with Crippen molar-refractivity contribution in [1.29, 1.82) is 0 Å². The average Bonchev–Trinajstić information content (AvgIpc) is 3.29. The Kier molecular flexibility index (Phi) is 7.08. The standard InChI is InChI=1S/C20H21N5O5S/c1-4-29-19(27)16-12(2)17(20(28)30-11-13-8-6-5-7-9-13)31-18(16)21-15(26)10-14-22-23-24-25(14)3/h5-9H,4,10-11H2,1-3H3,(H,21,26). The molecule has 0 spiro atoms. The first-order chi connectivity index (χ1) is 14.9. The highest BCUT2D eigenvalue weighted by Gasteiger charge is 2.27. The fourth-order valence-corrected chi connectivity index (χ4v) is 3.85. The number of carbonyl (C=O) groups excluding carboxylic acids is 3. The van der Waals surface area contributed by atoms with Crippen LogP contribution in [0.25, 0.3) is 0 Å². The quantitative estimate of drug-likeness (QED) is 0.526. The van der Waals surface area contributed by atoms with E-state index in [1.54, 1.807) is 20.9 Å². The Hall–Kier alpha value is -3.60. The van der Waals surface area contributed by atoms with Crippen LogP contribution in [0.4, 0.5) is 5.00 Å². The number of aryl methyl sites for hydroxylation is 1. The monoisotopic (exact) mass is 443 g/mol.